The molecule has 1 unspecified atom stereocenters. The van der Waals surface area contributed by atoms with Crippen LogP contribution in [0.25, 0.3) is 0 Å². The minimum absolute atomic E-state index is 0.239. The number of hydrogen-bond donors (Lipinski definition) is 1. The normalized spacial score (nSPS) is 12.5. The molecule has 108 valence electrons. The summed E-state index contributed by atoms with van der Waals surface area (Å²) < 4.78 is 2.23. The highest BCUT2D eigenvalue weighted by molar-refractivity contribution is 5.14. The first-order chi connectivity index (χ1) is 9.85. The van der Waals surface area contributed by atoms with Gasteiger partial charge in [-0.25, -0.2) is 4.98 Å². The smallest absolute Gasteiger partial charge is 0.110 e. The van der Waals surface area contributed by atoms with E-state index in [1.54, 1.807) is 6.20 Å². The minimum atomic E-state index is 0.239. The fourth-order valence-corrected chi connectivity index (χ4v) is 2.29. The lowest BCUT2D eigenvalue weighted by atomic mass is 10.1. The lowest BCUT2D eigenvalue weighted by Gasteiger charge is -2.18. The second-order valence-corrected chi connectivity index (χ2v) is 4.92. The number of hydrogen-bond acceptors (Lipinski definition) is 4. The molecule has 0 aliphatic rings. The molecule has 0 fully saturated rings. The molecule has 0 aliphatic heterocycles. The molecule has 0 aliphatic carbocycles. The van der Waals surface area contributed by atoms with Gasteiger partial charge in [-0.15, -0.1) is 0 Å². The highest BCUT2D eigenvalue weighted by Crippen LogP contribution is 2.16. The lowest BCUT2D eigenvalue weighted by molar-refractivity contribution is 0.500. The lowest BCUT2D eigenvalue weighted by Crippen LogP contribution is -2.25. The Kier molecular flexibility index (Phi) is 5.68. The zero-order valence-corrected chi connectivity index (χ0v) is 12.3. The SMILES string of the molecule is CCCNC(Cc1nccn1CCC)c1ccnnc1. The van der Waals surface area contributed by atoms with Crippen molar-refractivity contribution < 1.29 is 0 Å². The van der Waals surface area contributed by atoms with Gasteiger partial charge in [0, 0.05) is 37.6 Å². The number of nitrogens with one attached hydrogen (secondary N) is 1. The second kappa shape index (κ2) is 7.75. The number of imidazole rings is 1. The standard InChI is InChI=1S/C15H23N5/c1-3-6-16-14(13-5-7-18-19-12-13)11-15-17-8-10-20(15)9-4-2/h5,7-8,10,12,14,16H,3-4,6,9,11H2,1-2H3. The predicted molar refractivity (Wildman–Crippen MR) is 79.3 cm³/mol. The maximum atomic E-state index is 4.50. The first kappa shape index (κ1) is 14.7. The van der Waals surface area contributed by atoms with Gasteiger partial charge in [-0.3, -0.25) is 0 Å². The summed E-state index contributed by atoms with van der Waals surface area (Å²) in [6.45, 7) is 6.36. The molecule has 0 bridgehead atoms. The average molecular weight is 273 g/mol. The Morgan fingerprint density at radius 2 is 2.10 bits per heavy atom. The van der Waals surface area contributed by atoms with Crippen LogP contribution in [0.5, 0.6) is 0 Å². The number of nitrogens with zero attached hydrogens (tertiary/aromatic N) is 4. The van der Waals surface area contributed by atoms with Crippen molar-refractivity contribution in [2.24, 2.45) is 0 Å². The predicted octanol–water partition coefficient (Wildman–Crippen LogP) is 2.37. The summed E-state index contributed by atoms with van der Waals surface area (Å²) in [5.41, 5.74) is 1.17. The third kappa shape index (κ3) is 3.87. The van der Waals surface area contributed by atoms with Crippen molar-refractivity contribution >= 4 is 0 Å². The fraction of sp³-hybridized carbons (Fsp3) is 0.533. The summed E-state index contributed by atoms with van der Waals surface area (Å²) in [5.74, 6) is 1.12. The third-order valence-corrected chi connectivity index (χ3v) is 3.30. The molecule has 1 N–H and O–H groups in total. The van der Waals surface area contributed by atoms with Crippen LogP contribution in [0, 0.1) is 0 Å². The largest absolute Gasteiger partial charge is 0.335 e. The van der Waals surface area contributed by atoms with E-state index in [1.807, 2.05) is 18.5 Å². The summed E-state index contributed by atoms with van der Waals surface area (Å²) in [7, 11) is 0. The van der Waals surface area contributed by atoms with Gasteiger partial charge in [-0.2, -0.15) is 10.2 Å². The molecule has 1 atom stereocenters. The number of aromatic nitrogens is 4. The van der Waals surface area contributed by atoms with Gasteiger partial charge < -0.3 is 9.88 Å². The van der Waals surface area contributed by atoms with Crippen molar-refractivity contribution in [2.75, 3.05) is 6.54 Å². The van der Waals surface area contributed by atoms with Crippen molar-refractivity contribution in [3.63, 3.8) is 0 Å². The van der Waals surface area contributed by atoms with Crippen molar-refractivity contribution in [3.8, 4) is 0 Å². The van der Waals surface area contributed by atoms with Crippen LogP contribution >= 0.6 is 0 Å². The minimum Gasteiger partial charge on any atom is -0.335 e. The van der Waals surface area contributed by atoms with E-state index < -0.39 is 0 Å². The van der Waals surface area contributed by atoms with Crippen LogP contribution in [0.15, 0.2) is 30.9 Å². The Bertz CT molecular complexity index is 494. The van der Waals surface area contributed by atoms with E-state index in [2.05, 4.69) is 45.1 Å². The molecule has 20 heavy (non-hydrogen) atoms. The Morgan fingerprint density at radius 1 is 1.20 bits per heavy atom. The monoisotopic (exact) mass is 273 g/mol. The molecule has 0 aromatic carbocycles. The molecule has 2 aromatic heterocycles. The van der Waals surface area contributed by atoms with E-state index in [4.69, 9.17) is 0 Å². The van der Waals surface area contributed by atoms with Crippen LogP contribution in [0.3, 0.4) is 0 Å². The zero-order chi connectivity index (χ0) is 14.2. The molecule has 2 aromatic rings. The van der Waals surface area contributed by atoms with E-state index in [-0.39, 0.29) is 6.04 Å². The summed E-state index contributed by atoms with van der Waals surface area (Å²) in [4.78, 5) is 4.50. The average Bonchev–Trinajstić information content (AvgIpc) is 2.92. The van der Waals surface area contributed by atoms with Crippen molar-refractivity contribution in [3.05, 3.63) is 42.2 Å². The van der Waals surface area contributed by atoms with Crippen LogP contribution in [0.2, 0.25) is 0 Å². The van der Waals surface area contributed by atoms with Gasteiger partial charge >= 0.3 is 0 Å². The topological polar surface area (TPSA) is 55.6 Å². The van der Waals surface area contributed by atoms with E-state index in [9.17, 15) is 0 Å². The first-order valence-corrected chi connectivity index (χ1v) is 7.35. The molecule has 2 heterocycles. The third-order valence-electron chi connectivity index (χ3n) is 3.30. The van der Waals surface area contributed by atoms with E-state index in [0.29, 0.717) is 0 Å². The molecular formula is C15H23N5. The molecule has 0 amide bonds. The van der Waals surface area contributed by atoms with Crippen LogP contribution < -0.4 is 5.32 Å². The quantitative estimate of drug-likeness (QED) is 0.802. The van der Waals surface area contributed by atoms with Gasteiger partial charge in [-0.05, 0) is 31.0 Å². The van der Waals surface area contributed by atoms with E-state index >= 15 is 0 Å². The van der Waals surface area contributed by atoms with Gasteiger partial charge in [-0.1, -0.05) is 13.8 Å². The number of rotatable bonds is 8. The van der Waals surface area contributed by atoms with Gasteiger partial charge in [0.2, 0.25) is 0 Å². The molecule has 0 spiro atoms. The molecule has 0 saturated heterocycles. The molecule has 5 nitrogen and oxygen atoms in total. The maximum Gasteiger partial charge on any atom is 0.110 e. The number of aryl methyl sites for hydroxylation is 1. The summed E-state index contributed by atoms with van der Waals surface area (Å²) in [6.07, 6.45) is 10.6. The second-order valence-electron chi connectivity index (χ2n) is 4.92. The Hall–Kier alpha value is -1.75. The van der Waals surface area contributed by atoms with Crippen molar-refractivity contribution in [1.82, 2.24) is 25.1 Å². The van der Waals surface area contributed by atoms with Gasteiger partial charge in [0.15, 0.2) is 0 Å². The van der Waals surface area contributed by atoms with Crippen molar-refractivity contribution in [1.29, 1.82) is 0 Å². The summed E-state index contributed by atoms with van der Waals surface area (Å²) in [6, 6.07) is 2.26. The molecule has 2 rings (SSSR count). The first-order valence-electron chi connectivity index (χ1n) is 7.35. The van der Waals surface area contributed by atoms with Gasteiger partial charge in [0.25, 0.3) is 0 Å². The van der Waals surface area contributed by atoms with E-state index in [0.717, 1.165) is 38.2 Å². The highest BCUT2D eigenvalue weighted by Gasteiger charge is 2.14. The molecule has 0 saturated carbocycles. The van der Waals surface area contributed by atoms with Crippen LogP contribution in [0.4, 0.5) is 0 Å². The molecular weight excluding hydrogens is 250 g/mol. The van der Waals surface area contributed by atoms with Gasteiger partial charge in [0.05, 0.1) is 6.20 Å². The highest BCUT2D eigenvalue weighted by atomic mass is 15.1. The zero-order valence-electron chi connectivity index (χ0n) is 12.3. The maximum absolute atomic E-state index is 4.50. The Balaban J connectivity index is 2.13. The Morgan fingerprint density at radius 3 is 2.80 bits per heavy atom. The van der Waals surface area contributed by atoms with Crippen LogP contribution in [-0.2, 0) is 13.0 Å². The van der Waals surface area contributed by atoms with Crippen molar-refractivity contribution in [2.45, 2.75) is 45.7 Å². The summed E-state index contributed by atoms with van der Waals surface area (Å²) >= 11 is 0. The van der Waals surface area contributed by atoms with Gasteiger partial charge in [0.1, 0.15) is 5.82 Å². The van der Waals surface area contributed by atoms with E-state index in [1.165, 1.54) is 5.56 Å². The van der Waals surface area contributed by atoms with Crippen LogP contribution in [0.1, 0.15) is 44.1 Å². The fourth-order valence-electron chi connectivity index (χ4n) is 2.29. The molecule has 0 radical (unpaired) electrons. The van der Waals surface area contributed by atoms with Crippen LogP contribution in [-0.4, -0.2) is 26.3 Å². The Labute approximate surface area is 120 Å². The summed E-state index contributed by atoms with van der Waals surface area (Å²) in [5, 5.41) is 11.4. The molecule has 5 heteroatoms.